The number of anilines is 1. The molecule has 22 heavy (non-hydrogen) atoms. The van der Waals surface area contributed by atoms with Crippen LogP contribution in [0.5, 0.6) is 0 Å². The summed E-state index contributed by atoms with van der Waals surface area (Å²) in [5, 5.41) is 22.9. The van der Waals surface area contributed by atoms with Gasteiger partial charge in [-0.1, -0.05) is 11.6 Å². The number of aromatic nitrogens is 3. The molecule has 0 radical (unpaired) electrons. The third kappa shape index (κ3) is 1.89. The van der Waals surface area contributed by atoms with E-state index in [4.69, 9.17) is 16.3 Å². The molecule has 7 nitrogen and oxygen atoms in total. The van der Waals surface area contributed by atoms with Crippen molar-refractivity contribution in [2.75, 3.05) is 5.73 Å². The van der Waals surface area contributed by atoms with Crippen molar-refractivity contribution in [3.63, 3.8) is 0 Å². The van der Waals surface area contributed by atoms with E-state index in [1.165, 1.54) is 10.7 Å². The predicted molar refractivity (Wildman–Crippen MR) is 80.3 cm³/mol. The molecule has 2 aromatic heterocycles. The van der Waals surface area contributed by atoms with E-state index in [0.29, 0.717) is 11.2 Å². The summed E-state index contributed by atoms with van der Waals surface area (Å²) < 4.78 is 1.26. The van der Waals surface area contributed by atoms with Crippen molar-refractivity contribution >= 4 is 16.7 Å². The highest BCUT2D eigenvalue weighted by molar-refractivity contribution is 5.88. The Hall–Kier alpha value is -3.58. The van der Waals surface area contributed by atoms with Gasteiger partial charge in [0.25, 0.3) is 5.56 Å². The van der Waals surface area contributed by atoms with Crippen LogP contribution in [-0.2, 0) is 0 Å². The first kappa shape index (κ1) is 13.4. The molecule has 0 aliphatic heterocycles. The number of aryl methyl sites for hydroxylation is 1. The standard InChI is InChI=1S/C15H10N6O/c1-8-2-3-11-9(4-8)13(5-14(22)19-11)21-15(18)10(6-16)12(7-17)20-21/h2-5H,18H2,1H3,(H,19,22). The molecule has 0 saturated heterocycles. The lowest BCUT2D eigenvalue weighted by Crippen LogP contribution is -2.11. The third-order valence-corrected chi connectivity index (χ3v) is 3.34. The monoisotopic (exact) mass is 290 g/mol. The first-order valence-electron chi connectivity index (χ1n) is 6.38. The van der Waals surface area contributed by atoms with Crippen LogP contribution >= 0.6 is 0 Å². The van der Waals surface area contributed by atoms with Gasteiger partial charge >= 0.3 is 0 Å². The number of nitrogens with two attached hydrogens (primary N) is 1. The number of nitrogens with zero attached hydrogens (tertiary/aromatic N) is 4. The minimum Gasteiger partial charge on any atom is -0.382 e. The molecular weight excluding hydrogens is 280 g/mol. The van der Waals surface area contributed by atoms with E-state index >= 15 is 0 Å². The highest BCUT2D eigenvalue weighted by atomic mass is 16.1. The van der Waals surface area contributed by atoms with Crippen molar-refractivity contribution in [3.05, 3.63) is 51.4 Å². The van der Waals surface area contributed by atoms with E-state index in [0.717, 1.165) is 10.9 Å². The maximum Gasteiger partial charge on any atom is 0.250 e. The molecule has 0 aliphatic carbocycles. The molecule has 1 aromatic carbocycles. The van der Waals surface area contributed by atoms with Crippen LogP contribution in [-0.4, -0.2) is 14.8 Å². The number of aromatic amines is 1. The Bertz CT molecular complexity index is 1040. The Labute approximate surface area is 124 Å². The fourth-order valence-electron chi connectivity index (χ4n) is 2.33. The number of nitrogen functional groups attached to an aromatic ring is 1. The molecule has 0 bridgehead atoms. The lowest BCUT2D eigenvalue weighted by atomic mass is 10.1. The zero-order valence-electron chi connectivity index (χ0n) is 11.6. The number of H-pyrrole nitrogens is 1. The van der Waals surface area contributed by atoms with E-state index in [1.807, 2.05) is 31.2 Å². The summed E-state index contributed by atoms with van der Waals surface area (Å²) in [6.07, 6.45) is 0. The number of fused-ring (bicyclic) bond motifs is 1. The van der Waals surface area contributed by atoms with Crippen molar-refractivity contribution < 1.29 is 0 Å². The quantitative estimate of drug-likeness (QED) is 0.699. The first-order chi connectivity index (χ1) is 10.5. The maximum atomic E-state index is 11.8. The van der Waals surface area contributed by atoms with Gasteiger partial charge in [-0.05, 0) is 19.1 Å². The van der Waals surface area contributed by atoms with Crippen LogP contribution in [0, 0.1) is 29.6 Å². The van der Waals surface area contributed by atoms with Gasteiger partial charge < -0.3 is 10.7 Å². The largest absolute Gasteiger partial charge is 0.382 e. The molecule has 3 aromatic rings. The average molecular weight is 290 g/mol. The van der Waals surface area contributed by atoms with Gasteiger partial charge in [-0.25, -0.2) is 4.68 Å². The van der Waals surface area contributed by atoms with E-state index in [-0.39, 0.29) is 22.6 Å². The summed E-state index contributed by atoms with van der Waals surface area (Å²) in [6, 6.07) is 10.6. The van der Waals surface area contributed by atoms with Crippen molar-refractivity contribution in [2.24, 2.45) is 0 Å². The second-order valence-corrected chi connectivity index (χ2v) is 4.81. The van der Waals surface area contributed by atoms with Crippen LogP contribution in [0.1, 0.15) is 16.8 Å². The second-order valence-electron chi connectivity index (χ2n) is 4.81. The zero-order chi connectivity index (χ0) is 15.9. The molecule has 3 N–H and O–H groups in total. The topological polar surface area (TPSA) is 124 Å². The fraction of sp³-hybridized carbons (Fsp3) is 0.0667. The van der Waals surface area contributed by atoms with Gasteiger partial charge in [0.15, 0.2) is 5.69 Å². The van der Waals surface area contributed by atoms with Gasteiger partial charge in [-0.3, -0.25) is 4.79 Å². The smallest absolute Gasteiger partial charge is 0.250 e. The average Bonchev–Trinajstić information content (AvgIpc) is 2.82. The summed E-state index contributed by atoms with van der Waals surface area (Å²) in [6.45, 7) is 1.92. The van der Waals surface area contributed by atoms with Crippen LogP contribution in [0.3, 0.4) is 0 Å². The van der Waals surface area contributed by atoms with Crippen molar-refractivity contribution in [3.8, 4) is 17.8 Å². The van der Waals surface area contributed by atoms with Gasteiger partial charge in [0.1, 0.15) is 23.5 Å². The molecule has 106 valence electrons. The highest BCUT2D eigenvalue weighted by Crippen LogP contribution is 2.25. The molecule has 3 rings (SSSR count). The van der Waals surface area contributed by atoms with Gasteiger partial charge in [0, 0.05) is 11.5 Å². The van der Waals surface area contributed by atoms with Crippen molar-refractivity contribution in [2.45, 2.75) is 6.92 Å². The summed E-state index contributed by atoms with van der Waals surface area (Å²) >= 11 is 0. The Morgan fingerprint density at radius 1 is 1.27 bits per heavy atom. The fourth-order valence-corrected chi connectivity index (χ4v) is 2.33. The van der Waals surface area contributed by atoms with Crippen LogP contribution in [0.4, 0.5) is 5.82 Å². The molecule has 2 heterocycles. The van der Waals surface area contributed by atoms with Crippen LogP contribution in [0.25, 0.3) is 16.6 Å². The molecule has 0 fully saturated rings. The number of benzene rings is 1. The SMILES string of the molecule is Cc1ccc2[nH]c(=O)cc(-n3nc(C#N)c(C#N)c3N)c2c1. The third-order valence-electron chi connectivity index (χ3n) is 3.34. The van der Waals surface area contributed by atoms with Gasteiger partial charge in [-0.15, -0.1) is 0 Å². The summed E-state index contributed by atoms with van der Waals surface area (Å²) in [5.74, 6) is 0.0347. The highest BCUT2D eigenvalue weighted by Gasteiger charge is 2.18. The van der Waals surface area contributed by atoms with E-state index in [1.54, 1.807) is 6.07 Å². The van der Waals surface area contributed by atoms with Crippen LogP contribution in [0.15, 0.2) is 29.1 Å². The number of nitrogens with one attached hydrogen (secondary N) is 1. The van der Waals surface area contributed by atoms with E-state index in [9.17, 15) is 4.79 Å². The Balaban J connectivity index is 2.44. The zero-order valence-corrected chi connectivity index (χ0v) is 11.6. The molecule has 0 amide bonds. The second kappa shape index (κ2) is 4.76. The minimum atomic E-state index is -0.321. The summed E-state index contributed by atoms with van der Waals surface area (Å²) in [4.78, 5) is 14.6. The lowest BCUT2D eigenvalue weighted by Gasteiger charge is -2.08. The molecule has 0 saturated carbocycles. The molecule has 0 spiro atoms. The van der Waals surface area contributed by atoms with Gasteiger partial charge in [0.2, 0.25) is 0 Å². The first-order valence-corrected chi connectivity index (χ1v) is 6.38. The Kier molecular flexibility index (Phi) is 2.90. The predicted octanol–water partition coefficient (Wildman–Crippen LogP) is 1.35. The molecule has 0 atom stereocenters. The van der Waals surface area contributed by atoms with E-state index < -0.39 is 0 Å². The summed E-state index contributed by atoms with van der Waals surface area (Å²) in [7, 11) is 0. The minimum absolute atomic E-state index is 0.00332. The number of nitriles is 2. The lowest BCUT2D eigenvalue weighted by molar-refractivity contribution is 0.887. The molecule has 0 aliphatic rings. The van der Waals surface area contributed by atoms with Crippen molar-refractivity contribution in [1.29, 1.82) is 10.5 Å². The molecule has 0 unspecified atom stereocenters. The summed E-state index contributed by atoms with van der Waals surface area (Å²) in [5.41, 5.74) is 7.58. The number of hydrogen-bond donors (Lipinski definition) is 2. The Morgan fingerprint density at radius 3 is 2.68 bits per heavy atom. The van der Waals surface area contributed by atoms with Crippen LogP contribution < -0.4 is 11.3 Å². The number of pyridine rings is 1. The molecular formula is C15H10N6O. The molecule has 7 heteroatoms. The normalized spacial score (nSPS) is 10.3. The Morgan fingerprint density at radius 2 is 2.05 bits per heavy atom. The van der Waals surface area contributed by atoms with Gasteiger partial charge in [-0.2, -0.15) is 15.6 Å². The number of hydrogen-bond acceptors (Lipinski definition) is 5. The van der Waals surface area contributed by atoms with Gasteiger partial charge in [0.05, 0.1) is 11.2 Å². The van der Waals surface area contributed by atoms with Crippen molar-refractivity contribution in [1.82, 2.24) is 14.8 Å². The maximum absolute atomic E-state index is 11.8. The van der Waals surface area contributed by atoms with Crippen LogP contribution in [0.2, 0.25) is 0 Å². The number of rotatable bonds is 1. The van der Waals surface area contributed by atoms with E-state index in [2.05, 4.69) is 10.1 Å².